The lowest BCUT2D eigenvalue weighted by Crippen LogP contribution is -2.39. The number of rotatable bonds is 3. The van der Waals surface area contributed by atoms with E-state index in [0.717, 1.165) is 10.4 Å². The van der Waals surface area contributed by atoms with Crippen molar-refractivity contribution in [2.75, 3.05) is 6.54 Å². The lowest BCUT2D eigenvalue weighted by Gasteiger charge is -2.03. The predicted molar refractivity (Wildman–Crippen MR) is 59.5 cm³/mol. The molecule has 1 heterocycles. The van der Waals surface area contributed by atoms with Gasteiger partial charge in [0.05, 0.1) is 12.6 Å². The molecule has 0 aliphatic rings. The first-order valence-corrected chi connectivity index (χ1v) is 5.49. The van der Waals surface area contributed by atoms with Gasteiger partial charge in [-0.25, -0.2) is 0 Å². The molecule has 2 N–H and O–H groups in total. The number of hydrogen-bond acceptors (Lipinski definition) is 4. The average Bonchev–Trinajstić information content (AvgIpc) is 2.68. The van der Waals surface area contributed by atoms with Crippen molar-refractivity contribution < 1.29 is 9.59 Å². The van der Waals surface area contributed by atoms with Crippen molar-refractivity contribution in [3.63, 3.8) is 0 Å². The van der Waals surface area contributed by atoms with E-state index in [0.29, 0.717) is 6.54 Å². The Labute approximate surface area is 97.1 Å². The molecule has 0 bridgehead atoms. The summed E-state index contributed by atoms with van der Waals surface area (Å²) in [6.45, 7) is 2.11. The van der Waals surface area contributed by atoms with E-state index in [4.69, 9.17) is 5.26 Å². The molecule has 0 aromatic carbocycles. The minimum absolute atomic E-state index is 0.162. The van der Waals surface area contributed by atoms with E-state index in [1.165, 1.54) is 11.3 Å². The van der Waals surface area contributed by atoms with Crippen LogP contribution in [-0.2, 0) is 16.1 Å². The molecule has 1 aromatic rings. The summed E-state index contributed by atoms with van der Waals surface area (Å²) in [7, 11) is 0. The van der Waals surface area contributed by atoms with Crippen LogP contribution < -0.4 is 10.6 Å². The molecule has 16 heavy (non-hydrogen) atoms. The van der Waals surface area contributed by atoms with E-state index in [-0.39, 0.29) is 6.54 Å². The van der Waals surface area contributed by atoms with Gasteiger partial charge in [-0.15, -0.1) is 11.3 Å². The maximum absolute atomic E-state index is 11.2. The van der Waals surface area contributed by atoms with Crippen LogP contribution in [0.5, 0.6) is 0 Å². The largest absolute Gasteiger partial charge is 0.343 e. The van der Waals surface area contributed by atoms with E-state index in [9.17, 15) is 9.59 Å². The Morgan fingerprint density at radius 3 is 2.69 bits per heavy atom. The van der Waals surface area contributed by atoms with Crippen LogP contribution in [0.3, 0.4) is 0 Å². The summed E-state index contributed by atoms with van der Waals surface area (Å²) >= 11 is 1.52. The SMILES string of the molecule is Cc1ccsc1CNC(=O)C(=O)NCC#N. The normalized spacial score (nSPS) is 9.25. The summed E-state index contributed by atoms with van der Waals surface area (Å²) in [5, 5.41) is 14.8. The number of carbonyl (C=O) groups is 2. The summed E-state index contributed by atoms with van der Waals surface area (Å²) in [5.74, 6) is -1.50. The smallest absolute Gasteiger partial charge is 0.310 e. The maximum atomic E-state index is 11.2. The molecule has 0 aliphatic heterocycles. The molecule has 0 atom stereocenters. The van der Waals surface area contributed by atoms with Crippen molar-refractivity contribution >= 4 is 23.2 Å². The molecule has 0 saturated carbocycles. The van der Waals surface area contributed by atoms with Crippen LogP contribution >= 0.6 is 11.3 Å². The van der Waals surface area contributed by atoms with Crippen LogP contribution in [0.25, 0.3) is 0 Å². The molecule has 6 heteroatoms. The summed E-state index contributed by atoms with van der Waals surface area (Å²) < 4.78 is 0. The van der Waals surface area contributed by atoms with Gasteiger partial charge in [0.25, 0.3) is 0 Å². The van der Waals surface area contributed by atoms with Crippen molar-refractivity contribution in [3.05, 3.63) is 21.9 Å². The van der Waals surface area contributed by atoms with Gasteiger partial charge in [-0.05, 0) is 23.9 Å². The molecule has 1 rings (SSSR count). The van der Waals surface area contributed by atoms with E-state index in [2.05, 4.69) is 10.6 Å². The van der Waals surface area contributed by atoms with Gasteiger partial charge in [-0.1, -0.05) is 0 Å². The number of nitriles is 1. The van der Waals surface area contributed by atoms with Crippen molar-refractivity contribution in [1.82, 2.24) is 10.6 Å². The van der Waals surface area contributed by atoms with E-state index >= 15 is 0 Å². The number of carbonyl (C=O) groups excluding carboxylic acids is 2. The zero-order valence-electron chi connectivity index (χ0n) is 8.74. The maximum Gasteiger partial charge on any atom is 0.310 e. The average molecular weight is 237 g/mol. The fourth-order valence-corrected chi connectivity index (χ4v) is 1.87. The van der Waals surface area contributed by atoms with Gasteiger partial charge in [0, 0.05) is 4.88 Å². The molecule has 0 radical (unpaired) electrons. The van der Waals surface area contributed by atoms with Crippen molar-refractivity contribution in [1.29, 1.82) is 5.26 Å². The first kappa shape index (κ1) is 12.2. The van der Waals surface area contributed by atoms with Crippen LogP contribution in [0.15, 0.2) is 11.4 Å². The minimum Gasteiger partial charge on any atom is -0.343 e. The zero-order valence-corrected chi connectivity index (χ0v) is 9.56. The Kier molecular flexibility index (Phi) is 4.48. The van der Waals surface area contributed by atoms with E-state index in [1.54, 1.807) is 6.07 Å². The highest BCUT2D eigenvalue weighted by molar-refractivity contribution is 7.10. The van der Waals surface area contributed by atoms with Crippen molar-refractivity contribution in [3.8, 4) is 6.07 Å². The van der Waals surface area contributed by atoms with Crippen LogP contribution in [-0.4, -0.2) is 18.4 Å². The Morgan fingerprint density at radius 1 is 1.44 bits per heavy atom. The second-order valence-corrected chi connectivity index (χ2v) is 4.05. The van der Waals surface area contributed by atoms with Crippen LogP contribution in [0, 0.1) is 18.3 Å². The summed E-state index contributed by atoms with van der Waals surface area (Å²) in [6.07, 6.45) is 0. The van der Waals surface area contributed by atoms with Gasteiger partial charge in [-0.3, -0.25) is 9.59 Å². The number of nitrogens with one attached hydrogen (secondary N) is 2. The highest BCUT2D eigenvalue weighted by atomic mass is 32.1. The molecule has 0 spiro atoms. The predicted octanol–water partition coefficient (Wildman–Crippen LogP) is 0.312. The number of amides is 2. The first-order valence-electron chi connectivity index (χ1n) is 4.61. The van der Waals surface area contributed by atoms with Gasteiger partial charge in [-0.2, -0.15) is 5.26 Å². The van der Waals surface area contributed by atoms with Gasteiger partial charge < -0.3 is 10.6 Å². The first-order chi connectivity index (χ1) is 7.65. The second kappa shape index (κ2) is 5.88. The molecule has 0 saturated heterocycles. The molecular weight excluding hydrogens is 226 g/mol. The summed E-state index contributed by atoms with van der Waals surface area (Å²) in [5.41, 5.74) is 1.09. The fraction of sp³-hybridized carbons (Fsp3) is 0.300. The molecule has 84 valence electrons. The van der Waals surface area contributed by atoms with Crippen LogP contribution in [0.4, 0.5) is 0 Å². The van der Waals surface area contributed by atoms with Gasteiger partial charge in [0.1, 0.15) is 6.54 Å². The van der Waals surface area contributed by atoms with E-state index < -0.39 is 11.8 Å². The summed E-state index contributed by atoms with van der Waals surface area (Å²) in [4.78, 5) is 23.3. The van der Waals surface area contributed by atoms with E-state index in [1.807, 2.05) is 18.4 Å². The highest BCUT2D eigenvalue weighted by Gasteiger charge is 2.12. The third-order valence-corrected chi connectivity index (χ3v) is 2.93. The molecule has 0 unspecified atom stereocenters. The molecule has 0 fully saturated rings. The second-order valence-electron chi connectivity index (χ2n) is 3.05. The topological polar surface area (TPSA) is 82.0 Å². The minimum atomic E-state index is -0.782. The van der Waals surface area contributed by atoms with Crippen LogP contribution in [0.2, 0.25) is 0 Å². The Morgan fingerprint density at radius 2 is 2.12 bits per heavy atom. The fourth-order valence-electron chi connectivity index (χ4n) is 1.03. The quantitative estimate of drug-likeness (QED) is 0.586. The molecular formula is C10H11N3O2S. The monoisotopic (exact) mass is 237 g/mol. The molecule has 2 amide bonds. The third kappa shape index (κ3) is 3.37. The van der Waals surface area contributed by atoms with Crippen LogP contribution in [0.1, 0.15) is 10.4 Å². The lowest BCUT2D eigenvalue weighted by atomic mass is 10.3. The van der Waals surface area contributed by atoms with Crippen molar-refractivity contribution in [2.45, 2.75) is 13.5 Å². The number of aryl methyl sites for hydroxylation is 1. The molecule has 1 aromatic heterocycles. The Bertz CT molecular complexity index is 434. The standard InChI is InChI=1S/C10H11N3O2S/c1-7-2-5-16-8(7)6-13-10(15)9(14)12-4-3-11/h2,5H,4,6H2,1H3,(H,12,14)(H,13,15). The van der Waals surface area contributed by atoms with Gasteiger partial charge >= 0.3 is 11.8 Å². The Balaban J connectivity index is 2.39. The summed E-state index contributed by atoms with van der Waals surface area (Å²) in [6, 6.07) is 3.67. The highest BCUT2D eigenvalue weighted by Crippen LogP contribution is 2.14. The lowest BCUT2D eigenvalue weighted by molar-refractivity contribution is -0.139. The van der Waals surface area contributed by atoms with Crippen molar-refractivity contribution in [2.24, 2.45) is 0 Å². The van der Waals surface area contributed by atoms with Gasteiger partial charge in [0.2, 0.25) is 0 Å². The Hall–Kier alpha value is -1.87. The number of thiophene rings is 1. The third-order valence-electron chi connectivity index (χ3n) is 1.91. The molecule has 0 aliphatic carbocycles. The zero-order chi connectivity index (χ0) is 12.0. The number of hydrogen-bond donors (Lipinski definition) is 2. The molecule has 5 nitrogen and oxygen atoms in total. The van der Waals surface area contributed by atoms with Gasteiger partial charge in [0.15, 0.2) is 0 Å². The number of nitrogens with zero attached hydrogens (tertiary/aromatic N) is 1.